The summed E-state index contributed by atoms with van der Waals surface area (Å²) in [6, 6.07) is 1.91. The quantitative estimate of drug-likeness (QED) is 0.650. The monoisotopic (exact) mass is 498 g/mol. The summed E-state index contributed by atoms with van der Waals surface area (Å²) in [7, 11) is -4.13. The van der Waals surface area contributed by atoms with Crippen LogP contribution in [0.25, 0.3) is 0 Å². The van der Waals surface area contributed by atoms with Gasteiger partial charge in [-0.3, -0.25) is 10.1 Å². The van der Waals surface area contributed by atoms with Crippen molar-refractivity contribution in [3.05, 3.63) is 28.8 Å². The third kappa shape index (κ3) is 7.32. The molecule has 0 spiro atoms. The summed E-state index contributed by atoms with van der Waals surface area (Å²) in [5, 5.41) is 4.26. The van der Waals surface area contributed by atoms with Crippen molar-refractivity contribution in [3.8, 4) is 0 Å². The lowest BCUT2D eigenvalue weighted by molar-refractivity contribution is -0.137. The van der Waals surface area contributed by atoms with E-state index in [2.05, 4.69) is 10.6 Å². The number of rotatable bonds is 5. The number of sulfonamides is 1. The molecule has 2 N–H and O–H groups in total. The van der Waals surface area contributed by atoms with Crippen LogP contribution in [0.15, 0.2) is 23.1 Å². The van der Waals surface area contributed by atoms with Gasteiger partial charge in [0, 0.05) is 44.7 Å². The number of amides is 3. The number of nitrogens with one attached hydrogen (secondary N) is 2. The Morgan fingerprint density at radius 1 is 1.09 bits per heavy atom. The molecule has 0 atom stereocenters. The predicted octanol–water partition coefficient (Wildman–Crippen LogP) is 2.68. The topological polar surface area (TPSA) is 98.8 Å². The van der Waals surface area contributed by atoms with E-state index in [1.165, 1.54) is 0 Å². The van der Waals surface area contributed by atoms with Gasteiger partial charge in [-0.1, -0.05) is 11.6 Å². The Kier molecular flexibility index (Phi) is 8.19. The lowest BCUT2D eigenvalue weighted by Crippen LogP contribution is -2.50. The number of nitrogens with zero attached hydrogens (tertiary/aromatic N) is 2. The van der Waals surface area contributed by atoms with Crippen LogP contribution in [0.2, 0.25) is 5.02 Å². The highest BCUT2D eigenvalue weighted by molar-refractivity contribution is 7.89. The van der Waals surface area contributed by atoms with E-state index >= 15 is 0 Å². The van der Waals surface area contributed by atoms with Gasteiger partial charge in [-0.25, -0.2) is 13.2 Å². The zero-order chi connectivity index (χ0) is 24.3. The Balaban J connectivity index is 1.91. The molecule has 1 heterocycles. The van der Waals surface area contributed by atoms with Crippen LogP contribution in [0.4, 0.5) is 18.0 Å². The zero-order valence-corrected chi connectivity index (χ0v) is 19.5. The van der Waals surface area contributed by atoms with Crippen molar-refractivity contribution in [3.63, 3.8) is 0 Å². The Morgan fingerprint density at radius 2 is 1.69 bits per heavy atom. The van der Waals surface area contributed by atoms with E-state index in [-0.39, 0.29) is 19.5 Å². The molecule has 0 aliphatic carbocycles. The lowest BCUT2D eigenvalue weighted by atomic mass is 10.1. The number of carbonyl (C=O) groups excluding carboxylic acids is 2. The van der Waals surface area contributed by atoms with E-state index in [4.69, 9.17) is 11.6 Å². The first-order valence-corrected chi connectivity index (χ1v) is 11.6. The van der Waals surface area contributed by atoms with E-state index < -0.39 is 49.2 Å². The molecule has 1 aliphatic rings. The van der Waals surface area contributed by atoms with Crippen molar-refractivity contribution < 1.29 is 31.2 Å². The first kappa shape index (κ1) is 26.4. The first-order chi connectivity index (χ1) is 14.6. The van der Waals surface area contributed by atoms with E-state index in [9.17, 15) is 31.2 Å². The maximum absolute atomic E-state index is 13.1. The molecule has 1 aromatic rings. The van der Waals surface area contributed by atoms with E-state index in [0.29, 0.717) is 25.7 Å². The molecule has 13 heteroatoms. The molecular formula is C19H26ClF3N4O4S. The average Bonchev–Trinajstić information content (AvgIpc) is 2.64. The van der Waals surface area contributed by atoms with Crippen molar-refractivity contribution in [2.75, 3.05) is 32.7 Å². The summed E-state index contributed by atoms with van der Waals surface area (Å²) in [5.74, 6) is -0.470. The van der Waals surface area contributed by atoms with Crippen LogP contribution < -0.4 is 10.6 Å². The van der Waals surface area contributed by atoms with Gasteiger partial charge in [0.1, 0.15) is 0 Å². The van der Waals surface area contributed by atoms with E-state index in [0.717, 1.165) is 16.4 Å². The van der Waals surface area contributed by atoms with Crippen LogP contribution >= 0.6 is 11.6 Å². The zero-order valence-electron chi connectivity index (χ0n) is 17.9. The molecule has 0 saturated carbocycles. The molecule has 0 bridgehead atoms. The lowest BCUT2D eigenvalue weighted by Gasteiger charge is -2.34. The summed E-state index contributed by atoms with van der Waals surface area (Å²) in [5.41, 5.74) is -1.70. The fourth-order valence-electron chi connectivity index (χ4n) is 3.05. The third-order valence-corrected chi connectivity index (χ3v) is 6.83. The fraction of sp³-hybridized carbons (Fsp3) is 0.579. The van der Waals surface area contributed by atoms with Crippen molar-refractivity contribution in [2.24, 2.45) is 0 Å². The normalized spacial score (nSPS) is 16.6. The minimum atomic E-state index is -4.77. The predicted molar refractivity (Wildman–Crippen MR) is 113 cm³/mol. The minimum absolute atomic E-state index is 0.0381. The number of piperazine rings is 1. The molecule has 2 rings (SSSR count). The smallest absolute Gasteiger partial charge is 0.333 e. The number of carbonyl (C=O) groups is 2. The van der Waals surface area contributed by atoms with Gasteiger partial charge >= 0.3 is 12.2 Å². The summed E-state index contributed by atoms with van der Waals surface area (Å²) in [4.78, 5) is 25.0. The average molecular weight is 499 g/mol. The van der Waals surface area contributed by atoms with Gasteiger partial charge in [0.25, 0.3) is 0 Å². The van der Waals surface area contributed by atoms with Gasteiger partial charge in [-0.15, -0.1) is 0 Å². The number of hydrogen-bond acceptors (Lipinski definition) is 5. The number of alkyl halides is 3. The van der Waals surface area contributed by atoms with Crippen LogP contribution in [-0.4, -0.2) is 67.8 Å². The fourth-order valence-corrected chi connectivity index (χ4v) is 4.72. The largest absolute Gasteiger partial charge is 0.417 e. The summed E-state index contributed by atoms with van der Waals surface area (Å²) >= 11 is 5.57. The van der Waals surface area contributed by atoms with Crippen molar-refractivity contribution in [2.45, 2.75) is 43.8 Å². The standard InChI is InChI=1S/C19H26ClF3N4O4S/c1-18(2,3)25-17(29)24-16(28)6-7-26-8-10-27(11-9-26)32(30,31)13-4-5-15(20)14(12-13)19(21,22)23/h4-5,12H,6-11H2,1-3H3,(H2,24,25,28,29). The highest BCUT2D eigenvalue weighted by atomic mass is 35.5. The van der Waals surface area contributed by atoms with Crippen LogP contribution in [0.5, 0.6) is 0 Å². The number of benzene rings is 1. The van der Waals surface area contributed by atoms with Crippen molar-refractivity contribution in [1.82, 2.24) is 19.8 Å². The summed E-state index contributed by atoms with van der Waals surface area (Å²) in [6.45, 7) is 6.33. The van der Waals surface area contributed by atoms with Gasteiger partial charge in [0.15, 0.2) is 0 Å². The Labute approximate surface area is 190 Å². The number of urea groups is 1. The first-order valence-electron chi connectivity index (χ1n) is 9.81. The molecule has 1 aromatic carbocycles. The molecular weight excluding hydrogens is 473 g/mol. The van der Waals surface area contributed by atoms with Crippen LogP contribution in [0.1, 0.15) is 32.8 Å². The summed E-state index contributed by atoms with van der Waals surface area (Å²) < 4.78 is 65.8. The number of hydrogen-bond donors (Lipinski definition) is 2. The maximum atomic E-state index is 13.1. The molecule has 180 valence electrons. The maximum Gasteiger partial charge on any atom is 0.417 e. The van der Waals surface area contributed by atoms with Gasteiger partial charge in [0.05, 0.1) is 15.5 Å². The second-order valence-electron chi connectivity index (χ2n) is 8.39. The molecule has 1 fully saturated rings. The third-order valence-electron chi connectivity index (χ3n) is 4.61. The van der Waals surface area contributed by atoms with Gasteiger partial charge in [-0.2, -0.15) is 17.5 Å². The van der Waals surface area contributed by atoms with Gasteiger partial charge in [0.2, 0.25) is 15.9 Å². The molecule has 1 aliphatic heterocycles. The number of imide groups is 1. The highest BCUT2D eigenvalue weighted by Gasteiger charge is 2.36. The van der Waals surface area contributed by atoms with Crippen LogP contribution in [0, 0.1) is 0 Å². The number of halogens is 4. The van der Waals surface area contributed by atoms with E-state index in [1.54, 1.807) is 20.8 Å². The molecule has 3 amide bonds. The van der Waals surface area contributed by atoms with Crippen LogP contribution in [-0.2, 0) is 21.0 Å². The van der Waals surface area contributed by atoms with Crippen molar-refractivity contribution in [1.29, 1.82) is 0 Å². The Morgan fingerprint density at radius 3 is 2.22 bits per heavy atom. The summed E-state index contributed by atoms with van der Waals surface area (Å²) in [6.07, 6.45) is -4.73. The second-order valence-corrected chi connectivity index (χ2v) is 10.7. The SMILES string of the molecule is CC(C)(C)NC(=O)NC(=O)CCN1CCN(S(=O)(=O)c2ccc(Cl)c(C(F)(F)F)c2)CC1. The molecule has 8 nitrogen and oxygen atoms in total. The highest BCUT2D eigenvalue weighted by Crippen LogP contribution is 2.36. The van der Waals surface area contributed by atoms with Gasteiger partial charge < -0.3 is 10.2 Å². The molecule has 0 aromatic heterocycles. The second kappa shape index (κ2) is 9.94. The van der Waals surface area contributed by atoms with E-state index in [1.807, 2.05) is 4.90 Å². The molecule has 0 radical (unpaired) electrons. The molecule has 1 saturated heterocycles. The Bertz CT molecular complexity index is 956. The Hall–Kier alpha value is -1.89. The minimum Gasteiger partial charge on any atom is -0.333 e. The van der Waals surface area contributed by atoms with Crippen molar-refractivity contribution >= 4 is 33.6 Å². The molecule has 32 heavy (non-hydrogen) atoms. The molecule has 0 unspecified atom stereocenters. The van der Waals surface area contributed by atoms with Gasteiger partial charge in [-0.05, 0) is 39.0 Å². The van der Waals surface area contributed by atoms with Crippen LogP contribution in [0.3, 0.4) is 0 Å².